The van der Waals surface area contributed by atoms with E-state index in [2.05, 4.69) is 67.7 Å². The van der Waals surface area contributed by atoms with E-state index in [1.54, 1.807) is 11.3 Å². The van der Waals surface area contributed by atoms with E-state index in [9.17, 15) is 4.79 Å². The Hall–Kier alpha value is -3.50. The molecule has 0 atom stereocenters. The summed E-state index contributed by atoms with van der Waals surface area (Å²) in [4.78, 5) is 30.8. The van der Waals surface area contributed by atoms with Crippen LogP contribution in [0.1, 0.15) is 37.7 Å². The van der Waals surface area contributed by atoms with Crippen molar-refractivity contribution in [1.29, 1.82) is 0 Å². The van der Waals surface area contributed by atoms with Crippen molar-refractivity contribution in [3.8, 4) is 5.69 Å². The summed E-state index contributed by atoms with van der Waals surface area (Å²) in [6.07, 6.45) is 6.43. The van der Waals surface area contributed by atoms with Gasteiger partial charge in [-0.25, -0.2) is 4.98 Å². The summed E-state index contributed by atoms with van der Waals surface area (Å²) in [5.74, 6) is 1.64. The van der Waals surface area contributed by atoms with Gasteiger partial charge in [0.05, 0.1) is 5.69 Å². The number of nitrogens with zero attached hydrogens (tertiary/aromatic N) is 6. The first-order chi connectivity index (χ1) is 18.7. The number of carbonyl (C=O) groups is 1. The largest absolute Gasteiger partial charge is 0.368 e. The molecule has 1 aromatic carbocycles. The van der Waals surface area contributed by atoms with Crippen LogP contribution in [0.2, 0.25) is 0 Å². The topological polar surface area (TPSA) is 91.2 Å². The number of likely N-dealkylation sites (tertiary alicyclic amines) is 2. The van der Waals surface area contributed by atoms with Gasteiger partial charge in [-0.05, 0) is 42.7 Å². The third kappa shape index (κ3) is 5.66. The monoisotopic (exact) mass is 530 g/mol. The first kappa shape index (κ1) is 24.8. The Morgan fingerprint density at radius 1 is 1.05 bits per heavy atom. The number of aromatic nitrogens is 4. The van der Waals surface area contributed by atoms with Gasteiger partial charge < -0.3 is 15.5 Å². The molecule has 2 aliphatic rings. The molecule has 4 aromatic rings. The zero-order valence-electron chi connectivity index (χ0n) is 21.6. The Morgan fingerprint density at radius 3 is 2.68 bits per heavy atom. The third-order valence-electron chi connectivity index (χ3n) is 7.42. The second kappa shape index (κ2) is 11.5. The number of anilines is 2. The van der Waals surface area contributed by atoms with Crippen LogP contribution < -0.4 is 10.6 Å². The van der Waals surface area contributed by atoms with E-state index >= 15 is 0 Å². The fourth-order valence-corrected chi connectivity index (χ4v) is 5.98. The Bertz CT molecular complexity index is 1350. The maximum absolute atomic E-state index is 11.9. The first-order valence-corrected chi connectivity index (χ1v) is 14.5. The number of imidazole rings is 1. The van der Waals surface area contributed by atoms with Crippen molar-refractivity contribution >= 4 is 40.2 Å². The molecule has 2 fully saturated rings. The molecular formula is C28H34N8OS. The summed E-state index contributed by atoms with van der Waals surface area (Å²) < 4.78 is 2.02. The molecule has 9 nitrogen and oxygen atoms in total. The number of piperidine rings is 1. The van der Waals surface area contributed by atoms with Crippen molar-refractivity contribution in [1.82, 2.24) is 29.3 Å². The van der Waals surface area contributed by atoms with Gasteiger partial charge in [-0.2, -0.15) is 21.3 Å². The van der Waals surface area contributed by atoms with Gasteiger partial charge in [0.1, 0.15) is 6.33 Å². The highest BCUT2D eigenvalue weighted by atomic mass is 32.1. The standard InChI is InChI=1S/C28H34N8OS/c37-24-8-4-13-35(24)14-5-12-29-26-25-27(36(20-30-25)23-11-17-38-19-23)33-28(32-26)31-22-9-15-34(16-10-22)18-21-6-2-1-3-7-21/h1-3,6-7,11,17,19-20,22H,4-5,8-10,12-16,18H2,(H2,29,31,32,33). The van der Waals surface area contributed by atoms with E-state index in [0.717, 1.165) is 87.6 Å². The lowest BCUT2D eigenvalue weighted by Gasteiger charge is -2.32. The highest BCUT2D eigenvalue weighted by molar-refractivity contribution is 7.08. The molecule has 0 radical (unpaired) electrons. The molecule has 0 spiro atoms. The van der Waals surface area contributed by atoms with Gasteiger partial charge >= 0.3 is 0 Å². The van der Waals surface area contributed by atoms with E-state index in [1.165, 1.54) is 5.56 Å². The molecule has 3 aromatic heterocycles. The maximum Gasteiger partial charge on any atom is 0.227 e. The van der Waals surface area contributed by atoms with Crippen LogP contribution in [0, 0.1) is 0 Å². The van der Waals surface area contributed by atoms with Crippen LogP contribution in [0.4, 0.5) is 11.8 Å². The van der Waals surface area contributed by atoms with Crippen molar-refractivity contribution in [2.45, 2.75) is 44.7 Å². The van der Waals surface area contributed by atoms with Crippen molar-refractivity contribution < 1.29 is 4.79 Å². The Balaban J connectivity index is 1.14. The molecule has 0 bridgehead atoms. The fourth-order valence-electron chi connectivity index (χ4n) is 5.35. The predicted octanol–water partition coefficient (Wildman–Crippen LogP) is 4.38. The highest BCUT2D eigenvalue weighted by Gasteiger charge is 2.22. The molecule has 38 heavy (non-hydrogen) atoms. The Kier molecular flexibility index (Phi) is 7.50. The van der Waals surface area contributed by atoms with Crippen LogP contribution in [0.15, 0.2) is 53.5 Å². The number of hydrogen-bond donors (Lipinski definition) is 2. The summed E-state index contributed by atoms with van der Waals surface area (Å²) in [6.45, 7) is 5.45. The summed E-state index contributed by atoms with van der Waals surface area (Å²) >= 11 is 1.65. The van der Waals surface area contributed by atoms with Crippen LogP contribution in [0.5, 0.6) is 0 Å². The SMILES string of the molecule is O=C1CCCN1CCCNc1nc(NC2CCN(Cc3ccccc3)CC2)nc2c1ncn2-c1ccsc1. The van der Waals surface area contributed by atoms with Gasteiger partial charge in [-0.15, -0.1) is 0 Å². The minimum absolute atomic E-state index is 0.269. The van der Waals surface area contributed by atoms with Gasteiger partial charge in [0.15, 0.2) is 17.0 Å². The quantitative estimate of drug-likeness (QED) is 0.294. The number of rotatable bonds is 10. The van der Waals surface area contributed by atoms with Gasteiger partial charge in [0.2, 0.25) is 11.9 Å². The highest BCUT2D eigenvalue weighted by Crippen LogP contribution is 2.26. The molecule has 0 saturated carbocycles. The second-order valence-corrected chi connectivity index (χ2v) is 10.9. The smallest absolute Gasteiger partial charge is 0.227 e. The number of carbonyl (C=O) groups excluding carboxylic acids is 1. The Morgan fingerprint density at radius 2 is 1.92 bits per heavy atom. The molecule has 2 N–H and O–H groups in total. The number of thiophene rings is 1. The van der Waals surface area contributed by atoms with Gasteiger partial charge in [-0.3, -0.25) is 14.3 Å². The third-order valence-corrected chi connectivity index (χ3v) is 8.09. The first-order valence-electron chi connectivity index (χ1n) is 13.5. The second-order valence-electron chi connectivity index (χ2n) is 10.1. The zero-order chi connectivity index (χ0) is 25.7. The van der Waals surface area contributed by atoms with Gasteiger partial charge in [-0.1, -0.05) is 30.3 Å². The van der Waals surface area contributed by atoms with Crippen molar-refractivity contribution in [3.63, 3.8) is 0 Å². The minimum atomic E-state index is 0.269. The molecule has 0 aliphatic carbocycles. The summed E-state index contributed by atoms with van der Waals surface area (Å²) in [5.41, 5.74) is 3.96. The van der Waals surface area contributed by atoms with E-state index in [0.29, 0.717) is 18.4 Å². The molecular weight excluding hydrogens is 496 g/mol. The lowest BCUT2D eigenvalue weighted by Crippen LogP contribution is -2.39. The van der Waals surface area contributed by atoms with Crippen LogP contribution >= 0.6 is 11.3 Å². The Labute approximate surface area is 226 Å². The summed E-state index contributed by atoms with van der Waals surface area (Å²) in [5, 5.41) is 11.3. The van der Waals surface area contributed by atoms with Crippen molar-refractivity contribution in [3.05, 3.63) is 59.0 Å². The summed E-state index contributed by atoms with van der Waals surface area (Å²) in [7, 11) is 0. The van der Waals surface area contributed by atoms with Crippen LogP contribution in [0.3, 0.4) is 0 Å². The maximum atomic E-state index is 11.9. The van der Waals surface area contributed by atoms with Gasteiger partial charge in [0.25, 0.3) is 0 Å². The number of nitrogens with one attached hydrogen (secondary N) is 2. The minimum Gasteiger partial charge on any atom is -0.368 e. The number of hydrogen-bond acceptors (Lipinski definition) is 8. The molecule has 1 amide bonds. The van der Waals surface area contributed by atoms with E-state index in [-0.39, 0.29) is 5.91 Å². The number of benzene rings is 1. The number of amides is 1. The van der Waals surface area contributed by atoms with Crippen molar-refractivity contribution in [2.75, 3.05) is 43.4 Å². The van der Waals surface area contributed by atoms with Crippen LogP contribution in [-0.4, -0.2) is 74.0 Å². The molecule has 2 saturated heterocycles. The molecule has 0 unspecified atom stereocenters. The molecule has 2 aliphatic heterocycles. The van der Waals surface area contributed by atoms with Crippen LogP contribution in [0.25, 0.3) is 16.9 Å². The average molecular weight is 531 g/mol. The fraction of sp³-hybridized carbons (Fsp3) is 0.429. The summed E-state index contributed by atoms with van der Waals surface area (Å²) in [6, 6.07) is 13.1. The lowest BCUT2D eigenvalue weighted by atomic mass is 10.0. The average Bonchev–Trinajstić information content (AvgIpc) is 3.70. The molecule has 5 heterocycles. The van der Waals surface area contributed by atoms with Crippen LogP contribution in [-0.2, 0) is 11.3 Å². The normalized spacial score (nSPS) is 16.9. The predicted molar refractivity (Wildman–Crippen MR) is 152 cm³/mol. The van der Waals surface area contributed by atoms with E-state index in [1.807, 2.05) is 15.8 Å². The van der Waals surface area contributed by atoms with Crippen molar-refractivity contribution in [2.24, 2.45) is 0 Å². The zero-order valence-corrected chi connectivity index (χ0v) is 22.4. The van der Waals surface area contributed by atoms with E-state index in [4.69, 9.17) is 9.97 Å². The molecule has 10 heteroatoms. The molecule has 198 valence electrons. The number of fused-ring (bicyclic) bond motifs is 1. The molecule has 6 rings (SSSR count). The van der Waals surface area contributed by atoms with Gasteiger partial charge in [0, 0.05) is 57.1 Å². The lowest BCUT2D eigenvalue weighted by molar-refractivity contribution is -0.127. The van der Waals surface area contributed by atoms with E-state index < -0.39 is 0 Å².